The zero-order valence-corrected chi connectivity index (χ0v) is 12.0. The lowest BCUT2D eigenvalue weighted by atomic mass is 9.71. The number of hydrogen-bond donors (Lipinski definition) is 1. The van der Waals surface area contributed by atoms with Gasteiger partial charge in [-0.05, 0) is 43.4 Å². The number of aromatic nitrogens is 2. The van der Waals surface area contributed by atoms with Crippen molar-refractivity contribution in [3.63, 3.8) is 0 Å². The highest BCUT2D eigenvalue weighted by Crippen LogP contribution is 2.39. The van der Waals surface area contributed by atoms with Gasteiger partial charge in [0.25, 0.3) is 0 Å². The molecule has 0 amide bonds. The molecule has 0 bridgehead atoms. The number of rotatable bonds is 4. The first kappa shape index (κ1) is 13.6. The highest BCUT2D eigenvalue weighted by atomic mass is 15.0. The Hall–Kier alpha value is -0.830. The maximum atomic E-state index is 6.37. The minimum Gasteiger partial charge on any atom is -0.338 e. The molecule has 1 unspecified atom stereocenters. The van der Waals surface area contributed by atoms with Gasteiger partial charge in [-0.15, -0.1) is 0 Å². The van der Waals surface area contributed by atoms with Gasteiger partial charge in [-0.2, -0.15) is 0 Å². The van der Waals surface area contributed by atoms with E-state index in [9.17, 15) is 0 Å². The number of hydrogen-bond acceptors (Lipinski definition) is 2. The van der Waals surface area contributed by atoms with Crippen LogP contribution >= 0.6 is 0 Å². The Bertz CT molecular complexity index is 371. The molecule has 1 aromatic heterocycles. The Balaban J connectivity index is 1.79. The Morgan fingerprint density at radius 1 is 1.44 bits per heavy atom. The fourth-order valence-electron chi connectivity index (χ4n) is 3.02. The molecule has 0 aliphatic heterocycles. The number of nitrogens with two attached hydrogens (primary N) is 1. The van der Waals surface area contributed by atoms with Crippen molar-refractivity contribution in [1.29, 1.82) is 0 Å². The van der Waals surface area contributed by atoms with Crippen LogP contribution in [0.15, 0.2) is 12.4 Å². The molecule has 2 N–H and O–H groups in total. The smallest absolute Gasteiger partial charge is 0.108 e. The summed E-state index contributed by atoms with van der Waals surface area (Å²) in [6, 6.07) is 0.345. The Kier molecular flexibility index (Phi) is 4.10. The van der Waals surface area contributed by atoms with Crippen LogP contribution in [0.3, 0.4) is 0 Å². The van der Waals surface area contributed by atoms with Crippen LogP contribution in [0, 0.1) is 11.3 Å². The van der Waals surface area contributed by atoms with Gasteiger partial charge in [0.15, 0.2) is 0 Å². The molecular weight excluding hydrogens is 222 g/mol. The van der Waals surface area contributed by atoms with E-state index < -0.39 is 0 Å². The van der Waals surface area contributed by atoms with Gasteiger partial charge in [0.2, 0.25) is 0 Å². The van der Waals surface area contributed by atoms with Gasteiger partial charge < -0.3 is 10.3 Å². The first-order chi connectivity index (χ1) is 8.48. The molecule has 0 aromatic carbocycles. The van der Waals surface area contributed by atoms with Gasteiger partial charge >= 0.3 is 0 Å². The SMILES string of the molecule is Cn1ccnc1CCC(N)C1CCC(C)(C)CC1. The lowest BCUT2D eigenvalue weighted by Gasteiger charge is -2.36. The second kappa shape index (κ2) is 5.43. The molecule has 2 rings (SSSR count). The molecule has 3 nitrogen and oxygen atoms in total. The van der Waals surface area contributed by atoms with Gasteiger partial charge in [-0.25, -0.2) is 4.98 Å². The van der Waals surface area contributed by atoms with Crippen LogP contribution < -0.4 is 5.73 Å². The lowest BCUT2D eigenvalue weighted by molar-refractivity contribution is 0.170. The number of imidazole rings is 1. The summed E-state index contributed by atoms with van der Waals surface area (Å²) in [5.41, 5.74) is 6.90. The van der Waals surface area contributed by atoms with E-state index in [4.69, 9.17) is 5.73 Å². The molecular formula is C15H27N3. The summed E-state index contributed by atoms with van der Waals surface area (Å²) in [6.07, 6.45) is 11.2. The van der Waals surface area contributed by atoms with E-state index in [1.54, 1.807) is 0 Å². The average Bonchev–Trinajstić information content (AvgIpc) is 2.72. The van der Waals surface area contributed by atoms with Crippen molar-refractivity contribution in [1.82, 2.24) is 9.55 Å². The van der Waals surface area contributed by atoms with Crippen LogP contribution in [0.4, 0.5) is 0 Å². The molecule has 102 valence electrons. The molecule has 1 aliphatic carbocycles. The standard InChI is InChI=1S/C15H27N3/c1-15(2)8-6-12(7-9-15)13(16)4-5-14-17-10-11-18(14)3/h10-13H,4-9,16H2,1-3H3. The fourth-order valence-corrected chi connectivity index (χ4v) is 3.02. The Morgan fingerprint density at radius 2 is 2.11 bits per heavy atom. The van der Waals surface area contributed by atoms with Crippen molar-refractivity contribution in [2.24, 2.45) is 24.1 Å². The highest BCUT2D eigenvalue weighted by Gasteiger charge is 2.29. The van der Waals surface area contributed by atoms with Crippen LogP contribution in [0.2, 0.25) is 0 Å². The molecule has 1 atom stereocenters. The van der Waals surface area contributed by atoms with Gasteiger partial charge in [-0.3, -0.25) is 0 Å². The zero-order chi connectivity index (χ0) is 13.2. The third-order valence-corrected chi connectivity index (χ3v) is 4.61. The second-order valence-electron chi connectivity index (χ2n) is 6.66. The first-order valence-corrected chi connectivity index (χ1v) is 7.20. The average molecular weight is 249 g/mol. The quantitative estimate of drug-likeness (QED) is 0.891. The molecule has 0 spiro atoms. The minimum absolute atomic E-state index is 0.345. The maximum Gasteiger partial charge on any atom is 0.108 e. The van der Waals surface area contributed by atoms with Crippen molar-refractivity contribution < 1.29 is 0 Å². The predicted octanol–water partition coefficient (Wildman–Crippen LogP) is 2.90. The second-order valence-corrected chi connectivity index (χ2v) is 6.66. The Morgan fingerprint density at radius 3 is 2.67 bits per heavy atom. The summed E-state index contributed by atoms with van der Waals surface area (Å²) < 4.78 is 2.09. The molecule has 18 heavy (non-hydrogen) atoms. The van der Waals surface area contributed by atoms with E-state index in [0.29, 0.717) is 11.5 Å². The number of aryl methyl sites for hydroxylation is 2. The van der Waals surface area contributed by atoms with E-state index in [2.05, 4.69) is 30.4 Å². The summed E-state index contributed by atoms with van der Waals surface area (Å²) in [6.45, 7) is 4.76. The highest BCUT2D eigenvalue weighted by molar-refractivity contribution is 4.93. The molecule has 1 saturated carbocycles. The van der Waals surface area contributed by atoms with E-state index in [0.717, 1.165) is 24.6 Å². The van der Waals surface area contributed by atoms with Crippen molar-refractivity contribution in [3.8, 4) is 0 Å². The Labute approximate surface area is 111 Å². The van der Waals surface area contributed by atoms with Crippen molar-refractivity contribution >= 4 is 0 Å². The van der Waals surface area contributed by atoms with Crippen molar-refractivity contribution in [2.45, 2.75) is 58.4 Å². The topological polar surface area (TPSA) is 43.8 Å². The molecule has 1 fully saturated rings. The molecule has 3 heteroatoms. The molecule has 0 radical (unpaired) electrons. The molecule has 1 aliphatic rings. The van der Waals surface area contributed by atoms with Gasteiger partial charge in [0.05, 0.1) is 0 Å². The van der Waals surface area contributed by atoms with Crippen LogP contribution in [-0.4, -0.2) is 15.6 Å². The van der Waals surface area contributed by atoms with Crippen molar-refractivity contribution in [2.75, 3.05) is 0 Å². The summed E-state index contributed by atoms with van der Waals surface area (Å²) >= 11 is 0. The number of nitrogens with zero attached hydrogens (tertiary/aromatic N) is 2. The summed E-state index contributed by atoms with van der Waals surface area (Å²) in [7, 11) is 2.05. The fraction of sp³-hybridized carbons (Fsp3) is 0.800. The van der Waals surface area contributed by atoms with Crippen LogP contribution in [0.5, 0.6) is 0 Å². The van der Waals surface area contributed by atoms with Gasteiger partial charge in [0, 0.05) is 31.9 Å². The van der Waals surface area contributed by atoms with Crippen LogP contribution in [-0.2, 0) is 13.5 Å². The summed E-state index contributed by atoms with van der Waals surface area (Å²) in [4.78, 5) is 4.36. The van der Waals surface area contributed by atoms with Gasteiger partial charge in [-0.1, -0.05) is 13.8 Å². The summed E-state index contributed by atoms with van der Waals surface area (Å²) in [5.74, 6) is 1.87. The van der Waals surface area contributed by atoms with Crippen LogP contribution in [0.1, 0.15) is 51.8 Å². The maximum absolute atomic E-state index is 6.37. The first-order valence-electron chi connectivity index (χ1n) is 7.20. The van der Waals surface area contributed by atoms with E-state index in [1.807, 2.05) is 12.4 Å². The largest absolute Gasteiger partial charge is 0.338 e. The van der Waals surface area contributed by atoms with E-state index >= 15 is 0 Å². The third kappa shape index (κ3) is 3.35. The normalized spacial score (nSPS) is 22.0. The predicted molar refractivity (Wildman–Crippen MR) is 75.2 cm³/mol. The minimum atomic E-state index is 0.345. The van der Waals surface area contributed by atoms with Gasteiger partial charge in [0.1, 0.15) is 5.82 Å². The summed E-state index contributed by atoms with van der Waals surface area (Å²) in [5, 5.41) is 0. The van der Waals surface area contributed by atoms with E-state index in [1.165, 1.54) is 25.7 Å². The third-order valence-electron chi connectivity index (χ3n) is 4.61. The van der Waals surface area contributed by atoms with E-state index in [-0.39, 0.29) is 0 Å². The molecule has 1 aromatic rings. The molecule has 1 heterocycles. The lowest BCUT2D eigenvalue weighted by Crippen LogP contribution is -2.35. The molecule has 0 saturated heterocycles. The van der Waals surface area contributed by atoms with Crippen molar-refractivity contribution in [3.05, 3.63) is 18.2 Å². The zero-order valence-electron chi connectivity index (χ0n) is 12.0. The monoisotopic (exact) mass is 249 g/mol. The van der Waals surface area contributed by atoms with Crippen LogP contribution in [0.25, 0.3) is 0 Å².